The third-order valence-electron chi connectivity index (χ3n) is 3.13. The van der Waals surface area contributed by atoms with Gasteiger partial charge in [0.2, 0.25) is 11.7 Å². The van der Waals surface area contributed by atoms with Gasteiger partial charge in [-0.3, -0.25) is 0 Å². The Morgan fingerprint density at radius 1 is 1.43 bits per heavy atom. The second-order valence-corrected chi connectivity index (χ2v) is 7.09. The average molecular weight is 314 g/mol. The Hall–Kier alpha value is -1.80. The molecule has 0 aliphatic carbocycles. The minimum Gasteiger partial charge on any atom is -0.395 e. The topological polar surface area (TPSA) is 93.3 Å². The van der Waals surface area contributed by atoms with Gasteiger partial charge in [-0.1, -0.05) is 17.3 Å². The molecule has 1 unspecified atom stereocenters. The van der Waals surface area contributed by atoms with Crippen LogP contribution in [0.5, 0.6) is 0 Å². The van der Waals surface area contributed by atoms with Gasteiger partial charge in [0.1, 0.15) is 11.1 Å². The van der Waals surface area contributed by atoms with Crippen molar-refractivity contribution in [3.63, 3.8) is 0 Å². The fourth-order valence-electron chi connectivity index (χ4n) is 1.71. The van der Waals surface area contributed by atoms with Crippen LogP contribution in [0.2, 0.25) is 0 Å². The first-order chi connectivity index (χ1) is 9.85. The minimum atomic E-state index is -3.57. The highest BCUT2D eigenvalue weighted by molar-refractivity contribution is 7.91. The zero-order valence-electron chi connectivity index (χ0n) is 11.6. The van der Waals surface area contributed by atoms with Crippen molar-refractivity contribution in [3.05, 3.63) is 35.5 Å². The van der Waals surface area contributed by atoms with Crippen LogP contribution >= 0.6 is 0 Å². The second-order valence-electron chi connectivity index (χ2n) is 4.65. The molecule has 0 saturated heterocycles. The van der Waals surface area contributed by atoms with E-state index in [1.807, 2.05) is 0 Å². The van der Waals surface area contributed by atoms with Gasteiger partial charge in [-0.15, -0.1) is 0 Å². The Morgan fingerprint density at radius 2 is 2.14 bits per heavy atom. The molecule has 0 amide bonds. The number of aromatic nitrogens is 2. The van der Waals surface area contributed by atoms with E-state index in [2.05, 4.69) is 10.1 Å². The van der Waals surface area contributed by atoms with Crippen LogP contribution in [-0.4, -0.2) is 36.0 Å². The summed E-state index contributed by atoms with van der Waals surface area (Å²) in [6.07, 6.45) is 0. The summed E-state index contributed by atoms with van der Waals surface area (Å²) in [5.41, 5.74) is 0.890. The van der Waals surface area contributed by atoms with E-state index < -0.39 is 27.5 Å². The number of aliphatic hydroxyl groups is 1. The fraction of sp³-hybridized carbons (Fsp3) is 0.385. The molecular weight excluding hydrogens is 299 g/mol. The molecule has 0 radical (unpaired) electrons. The van der Waals surface area contributed by atoms with Crippen molar-refractivity contribution in [3.8, 4) is 11.4 Å². The number of hydrogen-bond acceptors (Lipinski definition) is 6. The first-order valence-electron chi connectivity index (χ1n) is 6.27. The molecule has 1 atom stereocenters. The predicted octanol–water partition coefficient (Wildman–Crippen LogP) is 1.65. The SMILES string of the molecule is Cc1ccc(-c2noc(C(C)S(=O)(=O)CCO)n2)cc1F. The highest BCUT2D eigenvalue weighted by Gasteiger charge is 2.27. The van der Waals surface area contributed by atoms with Gasteiger partial charge in [0.25, 0.3) is 0 Å². The number of rotatable bonds is 5. The largest absolute Gasteiger partial charge is 0.395 e. The molecule has 21 heavy (non-hydrogen) atoms. The van der Waals surface area contributed by atoms with Gasteiger partial charge in [0.15, 0.2) is 9.84 Å². The highest BCUT2D eigenvalue weighted by atomic mass is 32.2. The van der Waals surface area contributed by atoms with E-state index in [1.54, 1.807) is 19.1 Å². The molecule has 1 aromatic carbocycles. The summed E-state index contributed by atoms with van der Waals surface area (Å²) in [6, 6.07) is 4.46. The lowest BCUT2D eigenvalue weighted by Gasteiger charge is -2.06. The first-order valence-corrected chi connectivity index (χ1v) is 7.99. The lowest BCUT2D eigenvalue weighted by atomic mass is 10.1. The summed E-state index contributed by atoms with van der Waals surface area (Å²) in [5, 5.41) is 11.4. The third-order valence-corrected chi connectivity index (χ3v) is 5.16. The number of halogens is 1. The zero-order chi connectivity index (χ0) is 15.6. The van der Waals surface area contributed by atoms with E-state index >= 15 is 0 Å². The summed E-state index contributed by atoms with van der Waals surface area (Å²) >= 11 is 0. The molecule has 1 N–H and O–H groups in total. The van der Waals surface area contributed by atoms with Gasteiger partial charge in [-0.2, -0.15) is 4.98 Å². The van der Waals surface area contributed by atoms with E-state index in [-0.39, 0.29) is 17.5 Å². The number of aliphatic hydroxyl groups excluding tert-OH is 1. The van der Waals surface area contributed by atoms with Crippen molar-refractivity contribution in [2.24, 2.45) is 0 Å². The molecule has 1 heterocycles. The fourth-order valence-corrected chi connectivity index (χ4v) is 2.72. The Labute approximate surface area is 121 Å². The molecule has 6 nitrogen and oxygen atoms in total. The lowest BCUT2D eigenvalue weighted by Crippen LogP contribution is -2.16. The maximum absolute atomic E-state index is 13.5. The third kappa shape index (κ3) is 3.27. The predicted molar refractivity (Wildman–Crippen MR) is 73.7 cm³/mol. The monoisotopic (exact) mass is 314 g/mol. The van der Waals surface area contributed by atoms with Crippen molar-refractivity contribution in [1.82, 2.24) is 10.1 Å². The van der Waals surface area contributed by atoms with Gasteiger partial charge in [0.05, 0.1) is 12.4 Å². The van der Waals surface area contributed by atoms with Gasteiger partial charge in [-0.05, 0) is 25.5 Å². The van der Waals surface area contributed by atoms with Crippen LogP contribution in [0.3, 0.4) is 0 Å². The summed E-state index contributed by atoms with van der Waals surface area (Å²) < 4.78 is 42.1. The molecule has 0 spiro atoms. The number of sulfone groups is 1. The summed E-state index contributed by atoms with van der Waals surface area (Å²) in [4.78, 5) is 3.99. The Balaban J connectivity index is 2.31. The maximum Gasteiger partial charge on any atom is 0.245 e. The van der Waals surface area contributed by atoms with Crippen molar-refractivity contribution in [2.45, 2.75) is 19.1 Å². The van der Waals surface area contributed by atoms with Crippen LogP contribution in [0.25, 0.3) is 11.4 Å². The average Bonchev–Trinajstić information content (AvgIpc) is 2.90. The van der Waals surface area contributed by atoms with Crippen molar-refractivity contribution >= 4 is 9.84 Å². The molecule has 8 heteroatoms. The van der Waals surface area contributed by atoms with Gasteiger partial charge < -0.3 is 9.63 Å². The molecule has 1 aromatic heterocycles. The van der Waals surface area contributed by atoms with E-state index in [0.29, 0.717) is 11.1 Å². The van der Waals surface area contributed by atoms with Crippen molar-refractivity contribution in [1.29, 1.82) is 0 Å². The minimum absolute atomic E-state index is 0.0839. The number of hydrogen-bond donors (Lipinski definition) is 1. The molecule has 2 aromatic rings. The Kier molecular flexibility index (Phi) is 4.38. The first kappa shape index (κ1) is 15.6. The van der Waals surface area contributed by atoms with Gasteiger partial charge in [-0.25, -0.2) is 12.8 Å². The van der Waals surface area contributed by atoms with Crippen LogP contribution in [-0.2, 0) is 9.84 Å². The molecule has 0 bridgehead atoms. The van der Waals surface area contributed by atoms with E-state index in [9.17, 15) is 12.8 Å². The molecule has 0 saturated carbocycles. The van der Waals surface area contributed by atoms with E-state index in [0.717, 1.165) is 0 Å². The van der Waals surface area contributed by atoms with Gasteiger partial charge in [0, 0.05) is 5.56 Å². The molecule has 0 aliphatic rings. The smallest absolute Gasteiger partial charge is 0.245 e. The molecule has 114 valence electrons. The zero-order valence-corrected chi connectivity index (χ0v) is 12.4. The Bertz CT molecular complexity index is 742. The van der Waals surface area contributed by atoms with Crippen LogP contribution in [0, 0.1) is 12.7 Å². The molecule has 2 rings (SSSR count). The molecular formula is C13H15FN2O4S. The highest BCUT2D eigenvalue weighted by Crippen LogP contribution is 2.24. The second kappa shape index (κ2) is 5.90. The number of benzene rings is 1. The van der Waals surface area contributed by atoms with Gasteiger partial charge >= 0.3 is 0 Å². The van der Waals surface area contributed by atoms with Crippen molar-refractivity contribution < 1.29 is 22.4 Å². The Morgan fingerprint density at radius 3 is 2.76 bits per heavy atom. The summed E-state index contributed by atoms with van der Waals surface area (Å²) in [5.74, 6) is -0.750. The van der Waals surface area contributed by atoms with E-state index in [1.165, 1.54) is 13.0 Å². The van der Waals surface area contributed by atoms with Crippen LogP contribution in [0.1, 0.15) is 23.6 Å². The van der Waals surface area contributed by atoms with Crippen LogP contribution in [0.4, 0.5) is 4.39 Å². The summed E-state index contributed by atoms with van der Waals surface area (Å²) in [6.45, 7) is 2.55. The van der Waals surface area contributed by atoms with Crippen molar-refractivity contribution in [2.75, 3.05) is 12.4 Å². The van der Waals surface area contributed by atoms with E-state index in [4.69, 9.17) is 9.63 Å². The normalized spacial score (nSPS) is 13.3. The standard InChI is InChI=1S/C13H15FN2O4S/c1-8-3-4-10(7-11(8)14)12-15-13(20-16-12)9(2)21(18,19)6-5-17/h3-4,7,9,17H,5-6H2,1-2H3. The quantitative estimate of drug-likeness (QED) is 0.902. The van der Waals surface area contributed by atoms with Crippen LogP contribution < -0.4 is 0 Å². The number of aryl methyl sites for hydroxylation is 1. The molecule has 0 fully saturated rings. The van der Waals surface area contributed by atoms with Crippen LogP contribution in [0.15, 0.2) is 22.7 Å². The number of nitrogens with zero attached hydrogens (tertiary/aromatic N) is 2. The summed E-state index contributed by atoms with van der Waals surface area (Å²) in [7, 11) is -3.57. The maximum atomic E-state index is 13.5. The lowest BCUT2D eigenvalue weighted by molar-refractivity contribution is 0.318. The molecule has 0 aliphatic heterocycles.